The summed E-state index contributed by atoms with van der Waals surface area (Å²) in [5.74, 6) is -2.96. The van der Waals surface area contributed by atoms with Crippen LogP contribution in [0.3, 0.4) is 0 Å². The van der Waals surface area contributed by atoms with Gasteiger partial charge in [-0.3, -0.25) is 4.79 Å². The number of halogens is 1. The number of amides is 1. The van der Waals surface area contributed by atoms with Gasteiger partial charge in [-0.1, -0.05) is 42.3 Å². The third-order valence-corrected chi connectivity index (χ3v) is 8.03. The first kappa shape index (κ1) is 27.4. The van der Waals surface area contributed by atoms with Crippen LogP contribution in [-0.4, -0.2) is 65.3 Å². The molecule has 11 heteroatoms. The number of piperidine rings is 1. The number of carbonyl (C=O) groups excluding carboxylic acids is 1. The molecule has 1 saturated heterocycles. The molecule has 2 aliphatic heterocycles. The lowest BCUT2D eigenvalue weighted by atomic mass is 10.0. The molecule has 192 valence electrons. The molecule has 1 unspecified atom stereocenters. The van der Waals surface area contributed by atoms with Crippen molar-refractivity contribution in [2.45, 2.75) is 36.6 Å². The molecule has 1 fully saturated rings. The molecule has 4 rings (SSSR count). The first-order chi connectivity index (χ1) is 17.1. The summed E-state index contributed by atoms with van der Waals surface area (Å²) in [6.45, 7) is 2.80. The third-order valence-electron chi connectivity index (χ3n) is 5.93. The van der Waals surface area contributed by atoms with Crippen molar-refractivity contribution in [3.63, 3.8) is 0 Å². The van der Waals surface area contributed by atoms with Crippen molar-refractivity contribution in [2.24, 2.45) is 0 Å². The number of rotatable bonds is 7. The number of aliphatic carboxylic acids is 2. The van der Waals surface area contributed by atoms with E-state index in [9.17, 15) is 22.8 Å². The lowest BCUT2D eigenvalue weighted by Crippen LogP contribution is -2.38. The van der Waals surface area contributed by atoms with Crippen LogP contribution in [0.5, 0.6) is 0 Å². The molecule has 2 N–H and O–H groups in total. The summed E-state index contributed by atoms with van der Waals surface area (Å²) >= 11 is 6.03. The number of sulfonamides is 1. The van der Waals surface area contributed by atoms with Crippen molar-refractivity contribution >= 4 is 39.5 Å². The number of benzene rings is 2. The highest BCUT2D eigenvalue weighted by atomic mass is 35.5. The van der Waals surface area contributed by atoms with E-state index in [1.807, 2.05) is 12.1 Å². The van der Waals surface area contributed by atoms with Crippen LogP contribution in [-0.2, 0) is 19.6 Å². The van der Waals surface area contributed by atoms with Gasteiger partial charge in [0.1, 0.15) is 4.90 Å². The van der Waals surface area contributed by atoms with Gasteiger partial charge in [0.15, 0.2) is 0 Å². The third kappa shape index (κ3) is 6.71. The van der Waals surface area contributed by atoms with Crippen LogP contribution in [0.1, 0.15) is 47.6 Å². The van der Waals surface area contributed by atoms with Gasteiger partial charge in [-0.05, 0) is 62.2 Å². The van der Waals surface area contributed by atoms with Crippen LogP contribution >= 0.6 is 11.6 Å². The van der Waals surface area contributed by atoms with Gasteiger partial charge in [0, 0.05) is 23.7 Å². The Morgan fingerprint density at radius 3 is 2.08 bits per heavy atom. The van der Waals surface area contributed by atoms with E-state index in [4.69, 9.17) is 21.8 Å². The van der Waals surface area contributed by atoms with Gasteiger partial charge in [0.05, 0.1) is 11.6 Å². The van der Waals surface area contributed by atoms with Crippen molar-refractivity contribution in [1.29, 1.82) is 0 Å². The number of carboxylic acids is 2. The van der Waals surface area contributed by atoms with E-state index < -0.39 is 33.9 Å². The zero-order valence-corrected chi connectivity index (χ0v) is 21.0. The molecule has 1 atom stereocenters. The second kappa shape index (κ2) is 12.2. The summed E-state index contributed by atoms with van der Waals surface area (Å²) in [7, 11) is -3.87. The Balaban J connectivity index is 0.000000392. The molecule has 0 aliphatic carbocycles. The summed E-state index contributed by atoms with van der Waals surface area (Å²) < 4.78 is 27.5. The quantitative estimate of drug-likeness (QED) is 0.512. The molecule has 0 spiro atoms. The maximum absolute atomic E-state index is 13.2. The normalized spacial score (nSPS) is 17.8. The molecule has 0 bridgehead atoms. The molecule has 2 aromatic carbocycles. The van der Waals surface area contributed by atoms with Gasteiger partial charge >= 0.3 is 11.9 Å². The van der Waals surface area contributed by atoms with Gasteiger partial charge in [-0.2, -0.15) is 0 Å². The molecule has 36 heavy (non-hydrogen) atoms. The fraction of sp³-hybridized carbons (Fsp3) is 0.320. The highest BCUT2D eigenvalue weighted by Gasteiger charge is 2.45. The van der Waals surface area contributed by atoms with Crippen LogP contribution in [0, 0.1) is 0 Å². The zero-order chi connectivity index (χ0) is 26.3. The Morgan fingerprint density at radius 1 is 0.944 bits per heavy atom. The predicted molar refractivity (Wildman–Crippen MR) is 133 cm³/mol. The van der Waals surface area contributed by atoms with Gasteiger partial charge < -0.3 is 15.1 Å². The molecular formula is C25H27ClN2O7S. The Kier molecular flexibility index (Phi) is 9.25. The average Bonchev–Trinajstić information content (AvgIpc) is 3.06. The van der Waals surface area contributed by atoms with Crippen molar-refractivity contribution in [3.8, 4) is 0 Å². The number of carboxylic acid groups (broad SMARTS) is 2. The second-order valence-electron chi connectivity index (χ2n) is 8.37. The fourth-order valence-electron chi connectivity index (χ4n) is 4.25. The second-order valence-corrected chi connectivity index (χ2v) is 10.6. The molecule has 2 aliphatic rings. The maximum atomic E-state index is 13.2. The summed E-state index contributed by atoms with van der Waals surface area (Å²) in [4.78, 5) is 34.6. The monoisotopic (exact) mass is 534 g/mol. The molecule has 0 saturated carbocycles. The van der Waals surface area contributed by atoms with Crippen LogP contribution in [0.2, 0.25) is 5.02 Å². The van der Waals surface area contributed by atoms with Crippen molar-refractivity contribution in [1.82, 2.24) is 9.21 Å². The first-order valence-corrected chi connectivity index (χ1v) is 13.2. The zero-order valence-electron chi connectivity index (χ0n) is 19.4. The van der Waals surface area contributed by atoms with E-state index in [1.165, 1.54) is 12.5 Å². The maximum Gasteiger partial charge on any atom is 0.328 e. The average molecular weight is 535 g/mol. The summed E-state index contributed by atoms with van der Waals surface area (Å²) in [6.07, 6.45) is 5.24. The molecule has 2 aromatic rings. The molecule has 0 aromatic heterocycles. The van der Waals surface area contributed by atoms with Crippen LogP contribution in [0.4, 0.5) is 0 Å². The first-order valence-electron chi connectivity index (χ1n) is 11.4. The Labute approximate surface area is 214 Å². The van der Waals surface area contributed by atoms with E-state index in [2.05, 4.69) is 4.90 Å². The topological polar surface area (TPSA) is 132 Å². The summed E-state index contributed by atoms with van der Waals surface area (Å²) in [6, 6.07) is 13.0. The molecule has 2 heterocycles. The van der Waals surface area contributed by atoms with Crippen molar-refractivity contribution < 1.29 is 33.0 Å². The number of hydrogen-bond donors (Lipinski definition) is 2. The summed E-state index contributed by atoms with van der Waals surface area (Å²) in [5.41, 5.74) is 1.03. The number of fused-ring (bicyclic) bond motifs is 1. The molecular weight excluding hydrogens is 508 g/mol. The predicted octanol–water partition coefficient (Wildman–Crippen LogP) is 3.81. The number of nitrogens with zero attached hydrogens (tertiary/aromatic N) is 2. The van der Waals surface area contributed by atoms with Crippen molar-refractivity contribution in [2.75, 3.05) is 19.6 Å². The fourth-order valence-corrected chi connectivity index (χ4v) is 6.15. The van der Waals surface area contributed by atoms with Gasteiger partial charge in [0.2, 0.25) is 0 Å². The van der Waals surface area contributed by atoms with Crippen LogP contribution in [0.25, 0.3) is 0 Å². The largest absolute Gasteiger partial charge is 0.478 e. The van der Waals surface area contributed by atoms with Crippen molar-refractivity contribution in [3.05, 3.63) is 76.8 Å². The van der Waals surface area contributed by atoms with E-state index in [0.717, 1.165) is 42.3 Å². The van der Waals surface area contributed by atoms with Crippen LogP contribution in [0.15, 0.2) is 65.6 Å². The smallest absolute Gasteiger partial charge is 0.328 e. The number of hydrogen-bond acceptors (Lipinski definition) is 6. The Bertz CT molecular complexity index is 1220. The van der Waals surface area contributed by atoms with E-state index >= 15 is 0 Å². The van der Waals surface area contributed by atoms with Crippen LogP contribution < -0.4 is 0 Å². The number of carbonyl (C=O) groups is 3. The lowest BCUT2D eigenvalue weighted by molar-refractivity contribution is -0.134. The SMILES string of the molecule is O=C(O)C=CC(=O)O.O=C1c2ccccc2S(=O)(=O)N1C(CCN1CCCCC1)c1ccc(Cl)cc1. The Morgan fingerprint density at radius 2 is 1.53 bits per heavy atom. The summed E-state index contributed by atoms with van der Waals surface area (Å²) in [5, 5.41) is 16.2. The van der Waals surface area contributed by atoms with E-state index in [0.29, 0.717) is 23.6 Å². The Hall–Kier alpha value is -3.21. The molecule has 9 nitrogen and oxygen atoms in total. The minimum absolute atomic E-state index is 0.0944. The standard InChI is InChI=1S/C21H23ClN2O3S.C4H4O4/c22-17-10-8-16(9-11-17)19(12-15-23-13-4-1-5-14-23)24-21(25)18-6-2-3-7-20(18)28(24,26)27;5-3(6)1-2-4(7)8/h2-3,6-11,19H,1,4-5,12-15H2;1-2H,(H,5,6)(H,7,8). The minimum atomic E-state index is -3.87. The van der Waals surface area contributed by atoms with E-state index in [1.54, 1.807) is 30.3 Å². The highest BCUT2D eigenvalue weighted by Crippen LogP contribution is 2.39. The van der Waals surface area contributed by atoms with Gasteiger partial charge in [-0.25, -0.2) is 22.3 Å². The molecule has 0 radical (unpaired) electrons. The van der Waals surface area contributed by atoms with Gasteiger partial charge in [0.25, 0.3) is 15.9 Å². The van der Waals surface area contributed by atoms with Gasteiger partial charge in [-0.15, -0.1) is 0 Å². The minimum Gasteiger partial charge on any atom is -0.478 e. The van der Waals surface area contributed by atoms with E-state index in [-0.39, 0.29) is 10.5 Å². The number of likely N-dealkylation sites (tertiary alicyclic amines) is 1. The molecule has 1 amide bonds. The highest BCUT2D eigenvalue weighted by molar-refractivity contribution is 7.90. The lowest BCUT2D eigenvalue weighted by Gasteiger charge is -2.31.